The number of ether oxygens (including phenoxy) is 2. The third-order valence-electron chi connectivity index (χ3n) is 4.18. The van der Waals surface area contributed by atoms with Crippen LogP contribution in [0.1, 0.15) is 25.8 Å². The number of nitrogens with one attached hydrogen (secondary N) is 3. The van der Waals surface area contributed by atoms with Gasteiger partial charge in [0.2, 0.25) is 0 Å². The normalized spacial score (nSPS) is 11.5. The molecule has 2 rings (SSSR count). The number of hydrogen-bond acceptors (Lipinski definition) is 6. The van der Waals surface area contributed by atoms with Gasteiger partial charge in [0.15, 0.2) is 6.61 Å². The van der Waals surface area contributed by atoms with Crippen LogP contribution in [0.5, 0.6) is 11.5 Å². The lowest BCUT2D eigenvalue weighted by atomic mass is 10.2. The van der Waals surface area contributed by atoms with Gasteiger partial charge in [-0.15, -0.1) is 0 Å². The van der Waals surface area contributed by atoms with Crippen LogP contribution < -0.4 is 25.5 Å². The number of carbonyl (C=O) groups is 3. The monoisotopic (exact) mass is 426 g/mol. The van der Waals surface area contributed by atoms with Gasteiger partial charge in [-0.1, -0.05) is 19.1 Å². The molecule has 164 valence electrons. The van der Waals surface area contributed by atoms with Crippen molar-refractivity contribution < 1.29 is 23.9 Å². The maximum Gasteiger partial charge on any atom is 0.329 e. The van der Waals surface area contributed by atoms with E-state index >= 15 is 0 Å². The molecule has 31 heavy (non-hydrogen) atoms. The smallest absolute Gasteiger partial charge is 0.329 e. The average Bonchev–Trinajstić information content (AvgIpc) is 2.78. The maximum atomic E-state index is 12.1. The Labute approximate surface area is 180 Å². The highest BCUT2D eigenvalue weighted by atomic mass is 16.5. The zero-order valence-electron chi connectivity index (χ0n) is 17.7. The fourth-order valence-electron chi connectivity index (χ4n) is 2.31. The molecule has 0 saturated heterocycles. The molecule has 2 aromatic rings. The van der Waals surface area contributed by atoms with Crippen LogP contribution in [0.2, 0.25) is 0 Å². The summed E-state index contributed by atoms with van der Waals surface area (Å²) >= 11 is 0. The number of anilines is 1. The van der Waals surface area contributed by atoms with E-state index in [-0.39, 0.29) is 18.6 Å². The fourth-order valence-corrected chi connectivity index (χ4v) is 2.31. The van der Waals surface area contributed by atoms with Crippen LogP contribution in [-0.2, 0) is 14.4 Å². The van der Waals surface area contributed by atoms with Gasteiger partial charge in [0.1, 0.15) is 11.5 Å². The Hall–Kier alpha value is -3.88. The van der Waals surface area contributed by atoms with Crippen LogP contribution in [0.15, 0.2) is 53.6 Å². The Morgan fingerprint density at radius 3 is 2.48 bits per heavy atom. The van der Waals surface area contributed by atoms with Crippen LogP contribution in [0, 0.1) is 0 Å². The first-order valence-corrected chi connectivity index (χ1v) is 9.72. The van der Waals surface area contributed by atoms with E-state index in [9.17, 15) is 14.4 Å². The summed E-state index contributed by atoms with van der Waals surface area (Å²) in [6.07, 6.45) is 2.09. The van der Waals surface area contributed by atoms with Gasteiger partial charge in [-0.05, 0) is 55.3 Å². The zero-order valence-corrected chi connectivity index (χ0v) is 17.7. The van der Waals surface area contributed by atoms with Crippen molar-refractivity contribution in [3.8, 4) is 11.5 Å². The molecule has 0 spiro atoms. The average molecular weight is 426 g/mol. The molecule has 0 bridgehead atoms. The van der Waals surface area contributed by atoms with Gasteiger partial charge in [-0.25, -0.2) is 5.43 Å². The number of hydrogen-bond donors (Lipinski definition) is 3. The van der Waals surface area contributed by atoms with Gasteiger partial charge >= 0.3 is 11.8 Å². The number of methoxy groups -OCH3 is 1. The van der Waals surface area contributed by atoms with Gasteiger partial charge in [-0.2, -0.15) is 5.10 Å². The molecule has 0 heterocycles. The summed E-state index contributed by atoms with van der Waals surface area (Å²) in [5.41, 5.74) is 3.42. The summed E-state index contributed by atoms with van der Waals surface area (Å²) in [5.74, 6) is -0.760. The first-order valence-electron chi connectivity index (χ1n) is 9.72. The minimum Gasteiger partial charge on any atom is -0.497 e. The number of benzene rings is 2. The van der Waals surface area contributed by atoms with Crippen LogP contribution >= 0.6 is 0 Å². The molecule has 0 aromatic heterocycles. The first-order chi connectivity index (χ1) is 14.9. The highest BCUT2D eigenvalue weighted by Crippen LogP contribution is 2.15. The second kappa shape index (κ2) is 12.0. The van der Waals surface area contributed by atoms with E-state index in [0.29, 0.717) is 29.2 Å². The molecule has 0 aliphatic carbocycles. The van der Waals surface area contributed by atoms with E-state index in [4.69, 9.17) is 9.47 Å². The van der Waals surface area contributed by atoms with E-state index in [1.54, 1.807) is 62.6 Å². The third kappa shape index (κ3) is 8.17. The first kappa shape index (κ1) is 23.4. The summed E-state index contributed by atoms with van der Waals surface area (Å²) < 4.78 is 10.6. The summed E-state index contributed by atoms with van der Waals surface area (Å²) in [5, 5.41) is 9.04. The SMILES string of the molecule is CC[C@H](C)NC(=O)C(=O)N/N=C\c1cccc(OCC(=O)Nc2ccc(OC)cc2)c1. The minimum atomic E-state index is -0.848. The topological polar surface area (TPSA) is 118 Å². The molecule has 9 nitrogen and oxygen atoms in total. The van der Waals surface area contributed by atoms with Gasteiger partial charge in [0, 0.05) is 11.7 Å². The van der Waals surface area contributed by atoms with Crippen molar-refractivity contribution in [1.29, 1.82) is 0 Å². The van der Waals surface area contributed by atoms with Gasteiger partial charge in [0.05, 0.1) is 13.3 Å². The summed E-state index contributed by atoms with van der Waals surface area (Å²) in [6.45, 7) is 3.52. The Morgan fingerprint density at radius 1 is 1.06 bits per heavy atom. The second-order valence-corrected chi connectivity index (χ2v) is 6.62. The van der Waals surface area contributed by atoms with Crippen molar-refractivity contribution in [2.45, 2.75) is 26.3 Å². The molecule has 0 fully saturated rings. The van der Waals surface area contributed by atoms with Gasteiger partial charge in [-0.3, -0.25) is 14.4 Å². The molecule has 0 radical (unpaired) electrons. The molecule has 0 aliphatic heterocycles. The number of hydrazone groups is 1. The molecule has 0 unspecified atom stereocenters. The van der Waals surface area contributed by atoms with E-state index in [2.05, 4.69) is 21.2 Å². The highest BCUT2D eigenvalue weighted by Gasteiger charge is 2.14. The Morgan fingerprint density at radius 2 is 1.81 bits per heavy atom. The lowest BCUT2D eigenvalue weighted by molar-refractivity contribution is -0.139. The number of nitrogens with zero attached hydrogens (tertiary/aromatic N) is 1. The van der Waals surface area contributed by atoms with Crippen LogP contribution in [0.3, 0.4) is 0 Å². The summed E-state index contributed by atoms with van der Waals surface area (Å²) in [4.78, 5) is 35.4. The molecular weight excluding hydrogens is 400 g/mol. The summed E-state index contributed by atoms with van der Waals surface area (Å²) in [6, 6.07) is 13.6. The highest BCUT2D eigenvalue weighted by molar-refractivity contribution is 6.35. The minimum absolute atomic E-state index is 0.0991. The van der Waals surface area contributed by atoms with Crippen molar-refractivity contribution in [1.82, 2.24) is 10.7 Å². The van der Waals surface area contributed by atoms with E-state index in [1.807, 2.05) is 6.92 Å². The van der Waals surface area contributed by atoms with Crippen LogP contribution in [0.25, 0.3) is 0 Å². The molecule has 3 N–H and O–H groups in total. The lowest BCUT2D eigenvalue weighted by Crippen LogP contribution is -2.41. The third-order valence-corrected chi connectivity index (χ3v) is 4.18. The largest absolute Gasteiger partial charge is 0.497 e. The van der Waals surface area contributed by atoms with Crippen molar-refractivity contribution >= 4 is 29.6 Å². The predicted molar refractivity (Wildman–Crippen MR) is 117 cm³/mol. The number of carbonyl (C=O) groups excluding carboxylic acids is 3. The zero-order chi connectivity index (χ0) is 22.6. The molecule has 1 atom stereocenters. The fraction of sp³-hybridized carbons (Fsp3) is 0.273. The molecule has 9 heteroatoms. The molecule has 3 amide bonds. The van der Waals surface area contributed by atoms with Crippen molar-refractivity contribution in [3.63, 3.8) is 0 Å². The molecule has 0 aliphatic rings. The number of rotatable bonds is 9. The van der Waals surface area contributed by atoms with Crippen LogP contribution in [0.4, 0.5) is 5.69 Å². The Bertz CT molecular complexity index is 928. The van der Waals surface area contributed by atoms with Gasteiger partial charge in [0.25, 0.3) is 5.91 Å². The van der Waals surface area contributed by atoms with E-state index < -0.39 is 11.8 Å². The molecular formula is C22H26N4O5. The standard InChI is InChI=1S/C22H26N4O5/c1-4-15(2)24-21(28)22(29)26-23-13-16-6-5-7-19(12-16)31-14-20(27)25-17-8-10-18(30-3)11-9-17/h5-13,15H,4,14H2,1-3H3,(H,24,28)(H,25,27)(H,26,29)/b23-13-/t15-/m0/s1. The molecule has 0 saturated carbocycles. The van der Waals surface area contributed by atoms with E-state index in [1.165, 1.54) is 6.21 Å². The van der Waals surface area contributed by atoms with Crippen molar-refractivity contribution in [3.05, 3.63) is 54.1 Å². The van der Waals surface area contributed by atoms with Crippen LogP contribution in [-0.4, -0.2) is 43.7 Å². The number of amides is 3. The quantitative estimate of drug-likeness (QED) is 0.322. The maximum absolute atomic E-state index is 12.1. The van der Waals surface area contributed by atoms with Crippen molar-refractivity contribution in [2.75, 3.05) is 19.0 Å². The summed E-state index contributed by atoms with van der Waals surface area (Å²) in [7, 11) is 1.57. The lowest BCUT2D eigenvalue weighted by Gasteiger charge is -2.09. The van der Waals surface area contributed by atoms with Gasteiger partial charge < -0.3 is 20.1 Å². The van der Waals surface area contributed by atoms with E-state index in [0.717, 1.165) is 0 Å². The Balaban J connectivity index is 1.82. The molecule has 2 aromatic carbocycles. The van der Waals surface area contributed by atoms with Crippen molar-refractivity contribution in [2.24, 2.45) is 5.10 Å². The Kier molecular flexibility index (Phi) is 9.03. The second-order valence-electron chi connectivity index (χ2n) is 6.62. The predicted octanol–water partition coefficient (Wildman–Crippen LogP) is 2.08.